The van der Waals surface area contributed by atoms with Gasteiger partial charge < -0.3 is 10.1 Å². The van der Waals surface area contributed by atoms with E-state index in [-0.39, 0.29) is 4.90 Å². The van der Waals surface area contributed by atoms with Gasteiger partial charge in [0, 0.05) is 7.05 Å². The average Bonchev–Trinajstić information content (AvgIpc) is 2.47. The van der Waals surface area contributed by atoms with Gasteiger partial charge in [-0.1, -0.05) is 11.6 Å². The Kier molecular flexibility index (Phi) is 4.49. The fraction of sp³-hybridized carbons (Fsp3) is 0.167. The molecule has 1 heterocycles. The van der Waals surface area contributed by atoms with Crippen LogP contribution in [0, 0.1) is 0 Å². The molecular formula is C12H13ClN4O3S. The predicted octanol–water partition coefficient (Wildman–Crippen LogP) is 1.98. The van der Waals surface area contributed by atoms with Gasteiger partial charge in [-0.05, 0) is 18.2 Å². The van der Waals surface area contributed by atoms with Crippen molar-refractivity contribution in [3.05, 3.63) is 35.6 Å². The molecule has 0 atom stereocenters. The summed E-state index contributed by atoms with van der Waals surface area (Å²) >= 11 is 5.95. The van der Waals surface area contributed by atoms with E-state index < -0.39 is 10.0 Å². The molecule has 0 aliphatic rings. The molecule has 0 unspecified atom stereocenters. The second-order valence-corrected chi connectivity index (χ2v) is 6.04. The monoisotopic (exact) mass is 328 g/mol. The zero-order valence-corrected chi connectivity index (χ0v) is 12.9. The standard InChI is InChI=1S/C12H13ClN4O3S/c1-14-12-15-6-9(7-16-12)21(18,19)17-8-3-4-11(20-2)10(13)5-8/h3-7,17H,1-2H3,(H,14,15,16). The fourth-order valence-corrected chi connectivity index (χ4v) is 2.72. The van der Waals surface area contributed by atoms with Gasteiger partial charge in [0.15, 0.2) is 0 Å². The van der Waals surface area contributed by atoms with Crippen LogP contribution in [0.3, 0.4) is 0 Å². The second-order valence-electron chi connectivity index (χ2n) is 3.95. The van der Waals surface area contributed by atoms with Crippen LogP contribution in [-0.2, 0) is 10.0 Å². The fourth-order valence-electron chi connectivity index (χ4n) is 1.53. The number of rotatable bonds is 5. The Morgan fingerprint density at radius 1 is 1.24 bits per heavy atom. The van der Waals surface area contributed by atoms with E-state index in [2.05, 4.69) is 20.0 Å². The van der Waals surface area contributed by atoms with E-state index in [4.69, 9.17) is 16.3 Å². The lowest BCUT2D eigenvalue weighted by atomic mass is 10.3. The Hall–Kier alpha value is -2.06. The molecule has 0 aliphatic carbocycles. The molecule has 2 aromatic rings. The van der Waals surface area contributed by atoms with Crippen molar-refractivity contribution in [2.75, 3.05) is 24.2 Å². The molecule has 7 nitrogen and oxygen atoms in total. The minimum Gasteiger partial charge on any atom is -0.495 e. The summed E-state index contributed by atoms with van der Waals surface area (Å²) in [7, 11) is -0.659. The van der Waals surface area contributed by atoms with Crippen molar-refractivity contribution >= 4 is 33.3 Å². The number of ether oxygens (including phenoxy) is 1. The van der Waals surface area contributed by atoms with Crippen molar-refractivity contribution < 1.29 is 13.2 Å². The lowest BCUT2D eigenvalue weighted by Gasteiger charge is -2.09. The second kappa shape index (κ2) is 6.15. The van der Waals surface area contributed by atoms with Crippen LogP contribution in [0.1, 0.15) is 0 Å². The zero-order valence-electron chi connectivity index (χ0n) is 11.3. The Balaban J connectivity index is 2.26. The molecule has 0 saturated heterocycles. The first-order chi connectivity index (χ1) is 9.96. The van der Waals surface area contributed by atoms with Gasteiger partial charge in [-0.25, -0.2) is 18.4 Å². The minimum absolute atomic E-state index is 0.0477. The van der Waals surface area contributed by atoms with Gasteiger partial charge in [0.1, 0.15) is 10.6 Å². The number of methoxy groups -OCH3 is 1. The van der Waals surface area contributed by atoms with Crippen LogP contribution in [0.2, 0.25) is 5.02 Å². The molecule has 0 saturated carbocycles. The van der Waals surface area contributed by atoms with Crippen molar-refractivity contribution in [1.82, 2.24) is 9.97 Å². The Bertz CT molecular complexity index is 735. The highest BCUT2D eigenvalue weighted by Gasteiger charge is 2.16. The summed E-state index contributed by atoms with van der Waals surface area (Å²) in [4.78, 5) is 7.68. The summed E-state index contributed by atoms with van der Waals surface area (Å²) in [6, 6.07) is 4.58. The lowest BCUT2D eigenvalue weighted by Crippen LogP contribution is -2.14. The Morgan fingerprint density at radius 2 is 1.90 bits per heavy atom. The first-order valence-electron chi connectivity index (χ1n) is 5.82. The number of hydrogen-bond acceptors (Lipinski definition) is 6. The lowest BCUT2D eigenvalue weighted by molar-refractivity contribution is 0.415. The molecule has 0 radical (unpaired) electrons. The summed E-state index contributed by atoms with van der Waals surface area (Å²) in [5, 5.41) is 3.01. The summed E-state index contributed by atoms with van der Waals surface area (Å²) in [6.07, 6.45) is 2.43. The van der Waals surface area contributed by atoms with E-state index in [1.807, 2.05) is 0 Å². The van der Waals surface area contributed by atoms with Crippen molar-refractivity contribution in [1.29, 1.82) is 0 Å². The maximum absolute atomic E-state index is 12.2. The molecule has 21 heavy (non-hydrogen) atoms. The maximum atomic E-state index is 12.2. The van der Waals surface area contributed by atoms with Gasteiger partial charge in [0.2, 0.25) is 5.95 Å². The van der Waals surface area contributed by atoms with Gasteiger partial charge >= 0.3 is 0 Å². The normalized spacial score (nSPS) is 11.0. The molecule has 0 aliphatic heterocycles. The number of halogens is 1. The Morgan fingerprint density at radius 3 is 2.43 bits per heavy atom. The molecule has 2 rings (SSSR count). The summed E-state index contributed by atoms with van der Waals surface area (Å²) in [6.45, 7) is 0. The largest absolute Gasteiger partial charge is 0.495 e. The van der Waals surface area contributed by atoms with Crippen molar-refractivity contribution in [2.24, 2.45) is 0 Å². The molecule has 1 aromatic carbocycles. The smallest absolute Gasteiger partial charge is 0.264 e. The van der Waals surface area contributed by atoms with Crippen LogP contribution < -0.4 is 14.8 Å². The van der Waals surface area contributed by atoms with Gasteiger partial charge in [-0.2, -0.15) is 0 Å². The van der Waals surface area contributed by atoms with Crippen LogP contribution in [0.5, 0.6) is 5.75 Å². The highest BCUT2D eigenvalue weighted by Crippen LogP contribution is 2.28. The third kappa shape index (κ3) is 3.53. The van der Waals surface area contributed by atoms with E-state index in [9.17, 15) is 8.42 Å². The third-order valence-electron chi connectivity index (χ3n) is 2.57. The van der Waals surface area contributed by atoms with Crippen LogP contribution >= 0.6 is 11.6 Å². The van der Waals surface area contributed by atoms with Gasteiger partial charge in [-0.3, -0.25) is 4.72 Å². The predicted molar refractivity (Wildman–Crippen MR) is 80.4 cm³/mol. The van der Waals surface area contributed by atoms with E-state index in [1.165, 1.54) is 25.6 Å². The van der Waals surface area contributed by atoms with Crippen LogP contribution in [0.4, 0.5) is 11.6 Å². The molecule has 0 spiro atoms. The van der Waals surface area contributed by atoms with Gasteiger partial charge in [0.25, 0.3) is 10.0 Å². The number of nitrogens with zero attached hydrogens (tertiary/aromatic N) is 2. The number of sulfonamides is 1. The van der Waals surface area contributed by atoms with Crippen LogP contribution in [-0.4, -0.2) is 32.5 Å². The molecule has 112 valence electrons. The average molecular weight is 329 g/mol. The summed E-state index contributed by atoms with van der Waals surface area (Å²) < 4.78 is 31.8. The van der Waals surface area contributed by atoms with Gasteiger partial charge in [0.05, 0.1) is 30.2 Å². The molecular weight excluding hydrogens is 316 g/mol. The van der Waals surface area contributed by atoms with E-state index in [0.717, 1.165) is 0 Å². The maximum Gasteiger partial charge on any atom is 0.264 e. The molecule has 9 heteroatoms. The molecule has 0 fully saturated rings. The topological polar surface area (TPSA) is 93.2 Å². The number of benzene rings is 1. The van der Waals surface area contributed by atoms with E-state index >= 15 is 0 Å². The molecule has 1 aromatic heterocycles. The van der Waals surface area contributed by atoms with Gasteiger partial charge in [-0.15, -0.1) is 0 Å². The number of anilines is 2. The highest BCUT2D eigenvalue weighted by atomic mass is 35.5. The quantitative estimate of drug-likeness (QED) is 0.871. The van der Waals surface area contributed by atoms with Crippen LogP contribution in [0.15, 0.2) is 35.5 Å². The SMILES string of the molecule is CNc1ncc(S(=O)(=O)Nc2ccc(OC)c(Cl)c2)cn1. The molecule has 0 bridgehead atoms. The summed E-state index contributed by atoms with van der Waals surface area (Å²) in [5.41, 5.74) is 0.318. The molecule has 2 N–H and O–H groups in total. The van der Waals surface area contributed by atoms with E-state index in [1.54, 1.807) is 19.2 Å². The minimum atomic E-state index is -3.78. The Labute approximate surface area is 127 Å². The first kappa shape index (κ1) is 15.3. The third-order valence-corrected chi connectivity index (χ3v) is 4.20. The van der Waals surface area contributed by atoms with E-state index in [0.29, 0.717) is 22.4 Å². The van der Waals surface area contributed by atoms with Crippen molar-refractivity contribution in [3.8, 4) is 5.75 Å². The highest BCUT2D eigenvalue weighted by molar-refractivity contribution is 7.92. The molecule has 0 amide bonds. The number of nitrogens with one attached hydrogen (secondary N) is 2. The number of aromatic nitrogens is 2. The number of hydrogen-bond donors (Lipinski definition) is 2. The first-order valence-corrected chi connectivity index (χ1v) is 7.68. The zero-order chi connectivity index (χ0) is 15.5. The summed E-state index contributed by atoms with van der Waals surface area (Å²) in [5.74, 6) is 0.794. The van der Waals surface area contributed by atoms with Crippen molar-refractivity contribution in [3.63, 3.8) is 0 Å². The van der Waals surface area contributed by atoms with Crippen LogP contribution in [0.25, 0.3) is 0 Å². The van der Waals surface area contributed by atoms with Crippen molar-refractivity contribution in [2.45, 2.75) is 4.90 Å².